The van der Waals surface area contributed by atoms with Gasteiger partial charge in [-0.25, -0.2) is 4.79 Å². The molecule has 1 aromatic carbocycles. The number of benzene rings is 1. The highest BCUT2D eigenvalue weighted by Crippen LogP contribution is 2.14. The van der Waals surface area contributed by atoms with Crippen LogP contribution in [0.2, 0.25) is 0 Å². The van der Waals surface area contributed by atoms with E-state index >= 15 is 0 Å². The lowest BCUT2D eigenvalue weighted by molar-refractivity contribution is 0.141. The molecule has 1 heterocycles. The molecule has 0 aromatic heterocycles. The van der Waals surface area contributed by atoms with Crippen LogP contribution in [0, 0.1) is 0 Å². The first kappa shape index (κ1) is 11.7. The van der Waals surface area contributed by atoms with Gasteiger partial charge in [0.1, 0.15) is 0 Å². The van der Waals surface area contributed by atoms with Crippen LogP contribution < -0.4 is 11.5 Å². The molecule has 5 nitrogen and oxygen atoms in total. The van der Waals surface area contributed by atoms with Gasteiger partial charge in [0, 0.05) is 38.4 Å². The van der Waals surface area contributed by atoms with Gasteiger partial charge in [-0.2, -0.15) is 0 Å². The number of carbonyl (C=O) groups excluding carboxylic acids is 1. The molecule has 1 aliphatic heterocycles. The highest BCUT2D eigenvalue weighted by Gasteiger charge is 2.19. The number of para-hydroxylation sites is 1. The summed E-state index contributed by atoms with van der Waals surface area (Å²) in [6.45, 7) is 3.91. The first-order valence-electron chi connectivity index (χ1n) is 5.77. The summed E-state index contributed by atoms with van der Waals surface area (Å²) in [5.41, 5.74) is 13.1. The molecule has 0 saturated carbocycles. The standard InChI is InChI=1S/C12H18N4O/c13-11-4-2-1-3-10(11)9-15-5-7-16(8-6-15)12(14)17/h1-4H,5-9,13H2,(H2,14,17). The van der Waals surface area contributed by atoms with Crippen LogP contribution >= 0.6 is 0 Å². The maximum absolute atomic E-state index is 11.0. The summed E-state index contributed by atoms with van der Waals surface area (Å²) < 4.78 is 0. The van der Waals surface area contributed by atoms with E-state index < -0.39 is 0 Å². The zero-order chi connectivity index (χ0) is 12.3. The largest absolute Gasteiger partial charge is 0.398 e. The summed E-state index contributed by atoms with van der Waals surface area (Å²) in [4.78, 5) is 14.9. The van der Waals surface area contributed by atoms with Crippen LogP contribution in [0.1, 0.15) is 5.56 Å². The second-order valence-electron chi connectivity index (χ2n) is 4.30. The Kier molecular flexibility index (Phi) is 3.49. The van der Waals surface area contributed by atoms with E-state index in [0.29, 0.717) is 13.1 Å². The summed E-state index contributed by atoms with van der Waals surface area (Å²) >= 11 is 0. The number of nitrogens with zero attached hydrogens (tertiary/aromatic N) is 2. The van der Waals surface area contributed by atoms with Crippen LogP contribution in [0.5, 0.6) is 0 Å². The second-order valence-corrected chi connectivity index (χ2v) is 4.30. The fourth-order valence-corrected chi connectivity index (χ4v) is 2.05. The Balaban J connectivity index is 1.90. The fourth-order valence-electron chi connectivity index (χ4n) is 2.05. The zero-order valence-electron chi connectivity index (χ0n) is 9.80. The number of carbonyl (C=O) groups is 1. The Morgan fingerprint density at radius 1 is 1.18 bits per heavy atom. The van der Waals surface area contributed by atoms with Gasteiger partial charge in [0.05, 0.1) is 0 Å². The van der Waals surface area contributed by atoms with Crippen LogP contribution in [0.4, 0.5) is 10.5 Å². The molecular formula is C12H18N4O. The predicted molar refractivity (Wildman–Crippen MR) is 67.3 cm³/mol. The van der Waals surface area contributed by atoms with E-state index in [1.807, 2.05) is 24.3 Å². The molecule has 0 atom stereocenters. The average Bonchev–Trinajstić information content (AvgIpc) is 2.33. The lowest BCUT2D eigenvalue weighted by Crippen LogP contribution is -2.50. The van der Waals surface area contributed by atoms with Crippen LogP contribution in [0.3, 0.4) is 0 Å². The van der Waals surface area contributed by atoms with Crippen molar-refractivity contribution in [3.8, 4) is 0 Å². The van der Waals surface area contributed by atoms with Crippen molar-refractivity contribution in [1.82, 2.24) is 9.80 Å². The normalized spacial score (nSPS) is 17.1. The van der Waals surface area contributed by atoms with Crippen molar-refractivity contribution >= 4 is 11.7 Å². The van der Waals surface area contributed by atoms with Crippen molar-refractivity contribution in [1.29, 1.82) is 0 Å². The number of nitrogen functional groups attached to an aromatic ring is 1. The van der Waals surface area contributed by atoms with E-state index in [9.17, 15) is 4.79 Å². The molecule has 1 saturated heterocycles. The number of piperazine rings is 1. The highest BCUT2D eigenvalue weighted by atomic mass is 16.2. The maximum Gasteiger partial charge on any atom is 0.314 e. The third kappa shape index (κ3) is 2.88. The maximum atomic E-state index is 11.0. The minimum atomic E-state index is -0.330. The van der Waals surface area contributed by atoms with Crippen molar-refractivity contribution in [2.24, 2.45) is 5.73 Å². The highest BCUT2D eigenvalue weighted by molar-refractivity contribution is 5.72. The molecule has 2 rings (SSSR count). The van der Waals surface area contributed by atoms with Gasteiger partial charge in [0.15, 0.2) is 0 Å². The predicted octanol–water partition coefficient (Wildman–Crippen LogP) is 0.465. The Morgan fingerprint density at radius 3 is 2.41 bits per heavy atom. The number of urea groups is 1. The number of nitrogens with two attached hydrogens (primary N) is 2. The van der Waals surface area contributed by atoms with Gasteiger partial charge in [-0.3, -0.25) is 4.90 Å². The molecule has 0 unspecified atom stereocenters. The van der Waals surface area contributed by atoms with E-state index in [1.165, 1.54) is 0 Å². The number of hydrogen-bond donors (Lipinski definition) is 2. The summed E-state index contributed by atoms with van der Waals surface area (Å²) in [5.74, 6) is 0. The van der Waals surface area contributed by atoms with Crippen LogP contribution in [0.15, 0.2) is 24.3 Å². The smallest absolute Gasteiger partial charge is 0.314 e. The Labute approximate surface area is 101 Å². The molecule has 4 N–H and O–H groups in total. The van der Waals surface area contributed by atoms with Gasteiger partial charge in [-0.1, -0.05) is 18.2 Å². The molecule has 17 heavy (non-hydrogen) atoms. The number of primary amides is 1. The van der Waals surface area contributed by atoms with Gasteiger partial charge >= 0.3 is 6.03 Å². The minimum Gasteiger partial charge on any atom is -0.398 e. The van der Waals surface area contributed by atoms with Crippen LogP contribution in [-0.2, 0) is 6.54 Å². The number of rotatable bonds is 2. The van der Waals surface area contributed by atoms with E-state index in [0.717, 1.165) is 30.9 Å². The molecule has 1 fully saturated rings. The van der Waals surface area contributed by atoms with Crippen LogP contribution in [-0.4, -0.2) is 42.0 Å². The fraction of sp³-hybridized carbons (Fsp3) is 0.417. The Hall–Kier alpha value is -1.75. The average molecular weight is 234 g/mol. The third-order valence-corrected chi connectivity index (χ3v) is 3.13. The number of amides is 2. The monoisotopic (exact) mass is 234 g/mol. The first-order valence-corrected chi connectivity index (χ1v) is 5.77. The van der Waals surface area contributed by atoms with Gasteiger partial charge in [0.2, 0.25) is 0 Å². The summed E-state index contributed by atoms with van der Waals surface area (Å²) in [6, 6.07) is 7.55. The van der Waals surface area contributed by atoms with Crippen molar-refractivity contribution in [2.45, 2.75) is 6.54 Å². The minimum absolute atomic E-state index is 0.330. The molecule has 0 aliphatic carbocycles. The van der Waals surface area contributed by atoms with Gasteiger partial charge in [0.25, 0.3) is 0 Å². The number of hydrogen-bond acceptors (Lipinski definition) is 3. The lowest BCUT2D eigenvalue weighted by atomic mass is 10.1. The quantitative estimate of drug-likeness (QED) is 0.730. The molecule has 0 radical (unpaired) electrons. The summed E-state index contributed by atoms with van der Waals surface area (Å²) in [6.07, 6.45) is 0. The van der Waals surface area contributed by atoms with Crippen molar-refractivity contribution in [3.63, 3.8) is 0 Å². The molecule has 1 aliphatic rings. The van der Waals surface area contributed by atoms with E-state index in [1.54, 1.807) is 4.90 Å². The van der Waals surface area contributed by atoms with Crippen LogP contribution in [0.25, 0.3) is 0 Å². The third-order valence-electron chi connectivity index (χ3n) is 3.13. The van der Waals surface area contributed by atoms with Crippen molar-refractivity contribution in [3.05, 3.63) is 29.8 Å². The van der Waals surface area contributed by atoms with E-state index in [-0.39, 0.29) is 6.03 Å². The lowest BCUT2D eigenvalue weighted by Gasteiger charge is -2.33. The zero-order valence-corrected chi connectivity index (χ0v) is 9.80. The molecule has 5 heteroatoms. The summed E-state index contributed by atoms with van der Waals surface area (Å²) in [7, 11) is 0. The van der Waals surface area contributed by atoms with Crippen molar-refractivity contribution in [2.75, 3.05) is 31.9 Å². The van der Waals surface area contributed by atoms with Gasteiger partial charge < -0.3 is 16.4 Å². The van der Waals surface area contributed by atoms with E-state index in [4.69, 9.17) is 11.5 Å². The molecule has 2 amide bonds. The summed E-state index contributed by atoms with van der Waals surface area (Å²) in [5, 5.41) is 0. The Morgan fingerprint density at radius 2 is 1.82 bits per heavy atom. The molecule has 1 aromatic rings. The van der Waals surface area contributed by atoms with Crippen molar-refractivity contribution < 1.29 is 4.79 Å². The van der Waals surface area contributed by atoms with Gasteiger partial charge in [-0.15, -0.1) is 0 Å². The first-order chi connectivity index (χ1) is 8.16. The second kappa shape index (κ2) is 5.05. The molecule has 0 bridgehead atoms. The topological polar surface area (TPSA) is 75.6 Å². The van der Waals surface area contributed by atoms with E-state index in [2.05, 4.69) is 4.90 Å². The SMILES string of the molecule is NC(=O)N1CCN(Cc2ccccc2N)CC1. The van der Waals surface area contributed by atoms with Gasteiger partial charge in [-0.05, 0) is 11.6 Å². The molecular weight excluding hydrogens is 216 g/mol. The Bertz CT molecular complexity index is 399. The molecule has 0 spiro atoms. The number of anilines is 1. The molecule has 92 valence electrons.